The number of carbonyl (C=O) groups is 3. The number of carbonyl (C=O) groups excluding carboxylic acids is 2. The molecule has 0 bridgehead atoms. The van der Waals surface area contributed by atoms with Gasteiger partial charge in [-0.2, -0.15) is 0 Å². The Hall–Kier alpha value is -2.37. The lowest BCUT2D eigenvalue weighted by molar-refractivity contribution is -0.142. The number of aryl methyl sites for hydroxylation is 1. The predicted octanol–water partition coefficient (Wildman–Crippen LogP) is 2.10. The summed E-state index contributed by atoms with van der Waals surface area (Å²) >= 11 is 0. The maximum absolute atomic E-state index is 12.0. The number of hydrogen-bond acceptors (Lipinski definition) is 3. The Morgan fingerprint density at radius 1 is 1.12 bits per heavy atom. The van der Waals surface area contributed by atoms with Crippen molar-refractivity contribution >= 4 is 17.8 Å². The molecule has 132 valence electrons. The third kappa shape index (κ3) is 6.02. The molecule has 0 aromatic heterocycles. The molecule has 0 aliphatic heterocycles. The van der Waals surface area contributed by atoms with Gasteiger partial charge in [0.2, 0.25) is 11.8 Å². The minimum atomic E-state index is -1.14. The normalized spacial score (nSPS) is 12.4. The lowest BCUT2D eigenvalue weighted by Crippen LogP contribution is -2.41. The zero-order valence-electron chi connectivity index (χ0n) is 14.9. The first kappa shape index (κ1) is 19.7. The molecular weight excluding hydrogens is 308 g/mol. The maximum Gasteiger partial charge on any atom is 0.330 e. The molecule has 3 N–H and O–H groups in total. The largest absolute Gasteiger partial charge is 0.479 e. The summed E-state index contributed by atoms with van der Waals surface area (Å²) < 4.78 is 0. The van der Waals surface area contributed by atoms with Crippen LogP contribution in [0.25, 0.3) is 0 Å². The van der Waals surface area contributed by atoms with Crippen LogP contribution in [0.5, 0.6) is 0 Å². The Labute approximate surface area is 142 Å². The number of benzene rings is 1. The van der Waals surface area contributed by atoms with Gasteiger partial charge in [0.05, 0.1) is 6.54 Å². The molecule has 6 nitrogen and oxygen atoms in total. The van der Waals surface area contributed by atoms with Crippen molar-refractivity contribution in [3.63, 3.8) is 0 Å². The van der Waals surface area contributed by atoms with Gasteiger partial charge in [0.15, 0.2) is 6.04 Å². The predicted molar refractivity (Wildman–Crippen MR) is 91.5 cm³/mol. The van der Waals surface area contributed by atoms with E-state index in [0.717, 1.165) is 11.1 Å². The van der Waals surface area contributed by atoms with Gasteiger partial charge in [-0.15, -0.1) is 0 Å². The van der Waals surface area contributed by atoms with Crippen LogP contribution in [-0.4, -0.2) is 29.4 Å². The first-order chi connectivity index (χ1) is 11.0. The molecular formula is C18H26N2O4. The molecule has 2 amide bonds. The van der Waals surface area contributed by atoms with E-state index in [4.69, 9.17) is 0 Å². The Morgan fingerprint density at radius 2 is 1.75 bits per heavy atom. The second-order valence-corrected chi connectivity index (χ2v) is 7.14. The first-order valence-electron chi connectivity index (χ1n) is 7.86. The van der Waals surface area contributed by atoms with Crippen molar-refractivity contribution in [1.82, 2.24) is 10.6 Å². The highest BCUT2D eigenvalue weighted by Gasteiger charge is 2.24. The highest BCUT2D eigenvalue weighted by Crippen LogP contribution is 2.21. The molecule has 0 saturated heterocycles. The lowest BCUT2D eigenvalue weighted by atomic mass is 9.92. The highest BCUT2D eigenvalue weighted by molar-refractivity contribution is 5.88. The smallest absolute Gasteiger partial charge is 0.330 e. The number of rotatable bonds is 6. The van der Waals surface area contributed by atoms with Crippen LogP contribution in [0, 0.1) is 19.3 Å². The molecule has 1 aromatic carbocycles. The van der Waals surface area contributed by atoms with E-state index in [1.165, 1.54) is 0 Å². The van der Waals surface area contributed by atoms with E-state index in [0.29, 0.717) is 12.0 Å². The maximum atomic E-state index is 12.0. The van der Waals surface area contributed by atoms with Gasteiger partial charge in [0.25, 0.3) is 0 Å². The second kappa shape index (κ2) is 7.95. The zero-order valence-corrected chi connectivity index (χ0v) is 14.9. The van der Waals surface area contributed by atoms with Crippen LogP contribution in [0.15, 0.2) is 18.2 Å². The van der Waals surface area contributed by atoms with E-state index in [-0.39, 0.29) is 17.9 Å². The fourth-order valence-electron chi connectivity index (χ4n) is 2.29. The Kier molecular flexibility index (Phi) is 6.51. The van der Waals surface area contributed by atoms with Crippen LogP contribution in [-0.2, 0) is 14.4 Å². The van der Waals surface area contributed by atoms with Crippen molar-refractivity contribution in [2.45, 2.75) is 47.1 Å². The summed E-state index contributed by atoms with van der Waals surface area (Å²) in [7, 11) is 0. The van der Waals surface area contributed by atoms with Gasteiger partial charge < -0.3 is 15.7 Å². The van der Waals surface area contributed by atoms with Crippen LogP contribution in [0.1, 0.15) is 49.9 Å². The summed E-state index contributed by atoms with van der Waals surface area (Å²) in [6.07, 6.45) is 0.291. The summed E-state index contributed by atoms with van der Waals surface area (Å²) in [5, 5.41) is 14.4. The van der Waals surface area contributed by atoms with Gasteiger partial charge in [-0.05, 0) is 36.0 Å². The van der Waals surface area contributed by atoms with Crippen LogP contribution >= 0.6 is 0 Å². The van der Waals surface area contributed by atoms with Crippen LogP contribution in [0.3, 0.4) is 0 Å². The number of aliphatic carboxylic acids is 1. The summed E-state index contributed by atoms with van der Waals surface area (Å²) in [6.45, 7) is 9.22. The molecule has 24 heavy (non-hydrogen) atoms. The van der Waals surface area contributed by atoms with Crippen molar-refractivity contribution < 1.29 is 19.5 Å². The molecule has 1 unspecified atom stereocenters. The first-order valence-corrected chi connectivity index (χ1v) is 7.86. The van der Waals surface area contributed by atoms with Crippen molar-refractivity contribution in [2.24, 2.45) is 5.41 Å². The van der Waals surface area contributed by atoms with E-state index in [2.05, 4.69) is 10.6 Å². The Balaban J connectivity index is 2.73. The molecule has 6 heteroatoms. The van der Waals surface area contributed by atoms with E-state index in [1.54, 1.807) is 12.1 Å². The van der Waals surface area contributed by atoms with Crippen molar-refractivity contribution in [3.8, 4) is 0 Å². The summed E-state index contributed by atoms with van der Waals surface area (Å²) in [5.41, 5.74) is 2.13. The van der Waals surface area contributed by atoms with Gasteiger partial charge >= 0.3 is 5.97 Å². The van der Waals surface area contributed by atoms with E-state index in [9.17, 15) is 19.5 Å². The molecule has 1 aromatic rings. The molecule has 0 fully saturated rings. The van der Waals surface area contributed by atoms with Gasteiger partial charge in [0.1, 0.15) is 0 Å². The Morgan fingerprint density at radius 3 is 2.29 bits per heavy atom. The van der Waals surface area contributed by atoms with Crippen molar-refractivity contribution in [3.05, 3.63) is 34.9 Å². The van der Waals surface area contributed by atoms with Gasteiger partial charge in [-0.25, -0.2) is 4.79 Å². The van der Waals surface area contributed by atoms with Crippen LogP contribution < -0.4 is 10.6 Å². The molecule has 1 rings (SSSR count). The molecule has 0 spiro atoms. The summed E-state index contributed by atoms with van der Waals surface area (Å²) in [6, 6.07) is 4.17. The number of carboxylic acid groups (broad SMARTS) is 1. The third-order valence-electron chi connectivity index (χ3n) is 3.65. The number of hydrogen-bond donors (Lipinski definition) is 3. The summed E-state index contributed by atoms with van der Waals surface area (Å²) in [4.78, 5) is 35.3. The molecule has 0 aliphatic rings. The average molecular weight is 334 g/mol. The fourth-order valence-corrected chi connectivity index (χ4v) is 2.29. The molecule has 0 radical (unpaired) electrons. The minimum Gasteiger partial charge on any atom is -0.479 e. The number of nitrogens with one attached hydrogen (secondary N) is 2. The number of carboxylic acids is 1. The molecule has 0 aliphatic carbocycles. The zero-order chi connectivity index (χ0) is 18.5. The summed E-state index contributed by atoms with van der Waals surface area (Å²) in [5.74, 6) is -1.92. The minimum absolute atomic E-state index is 0.178. The van der Waals surface area contributed by atoms with Crippen molar-refractivity contribution in [1.29, 1.82) is 0 Å². The number of amides is 2. The standard InChI is InChI=1S/C18H26N2O4/c1-11-7-6-8-13(12(11)2)16(17(23)24)20-15(22)10-19-14(21)9-18(3,4)5/h6-8,16H,9-10H2,1-5H3,(H,19,21)(H,20,22)(H,23,24). The quantitative estimate of drug-likeness (QED) is 0.742. The average Bonchev–Trinajstić information content (AvgIpc) is 2.44. The SMILES string of the molecule is Cc1cccc(C(NC(=O)CNC(=O)CC(C)(C)C)C(=O)O)c1C. The Bertz CT molecular complexity index is 632. The monoisotopic (exact) mass is 334 g/mol. The van der Waals surface area contributed by atoms with Crippen molar-refractivity contribution in [2.75, 3.05) is 6.54 Å². The van der Waals surface area contributed by atoms with E-state index >= 15 is 0 Å². The lowest BCUT2D eigenvalue weighted by Gasteiger charge is -2.19. The van der Waals surface area contributed by atoms with Crippen LogP contribution in [0.2, 0.25) is 0 Å². The van der Waals surface area contributed by atoms with Gasteiger partial charge in [-0.3, -0.25) is 9.59 Å². The van der Waals surface area contributed by atoms with E-state index in [1.807, 2.05) is 40.7 Å². The van der Waals surface area contributed by atoms with Crippen LogP contribution in [0.4, 0.5) is 0 Å². The fraction of sp³-hybridized carbons (Fsp3) is 0.500. The topological polar surface area (TPSA) is 95.5 Å². The highest BCUT2D eigenvalue weighted by atomic mass is 16.4. The molecule has 0 saturated carbocycles. The second-order valence-electron chi connectivity index (χ2n) is 7.14. The van der Waals surface area contributed by atoms with E-state index < -0.39 is 17.9 Å². The third-order valence-corrected chi connectivity index (χ3v) is 3.65. The van der Waals surface area contributed by atoms with Gasteiger partial charge in [0, 0.05) is 6.42 Å². The molecule has 1 atom stereocenters. The van der Waals surface area contributed by atoms with Gasteiger partial charge in [-0.1, -0.05) is 39.0 Å². The molecule has 0 heterocycles.